The second-order valence-corrected chi connectivity index (χ2v) is 5.51. The average molecular weight is 277 g/mol. The summed E-state index contributed by atoms with van der Waals surface area (Å²) >= 11 is 0. The SMILES string of the molecule is CCCc1ncncc1C(=O)NC(CC)C1CC(O)C1. The van der Waals surface area contributed by atoms with Gasteiger partial charge in [-0.3, -0.25) is 4.79 Å². The van der Waals surface area contributed by atoms with Crippen LogP contribution in [0.4, 0.5) is 0 Å². The van der Waals surface area contributed by atoms with Gasteiger partial charge in [0.2, 0.25) is 0 Å². The molecule has 5 heteroatoms. The van der Waals surface area contributed by atoms with E-state index in [9.17, 15) is 9.90 Å². The van der Waals surface area contributed by atoms with Crippen molar-refractivity contribution in [2.75, 3.05) is 0 Å². The second kappa shape index (κ2) is 6.79. The van der Waals surface area contributed by atoms with Crippen LogP contribution in [0.25, 0.3) is 0 Å². The summed E-state index contributed by atoms with van der Waals surface area (Å²) in [5, 5.41) is 12.5. The first-order valence-corrected chi connectivity index (χ1v) is 7.43. The van der Waals surface area contributed by atoms with Gasteiger partial charge in [-0.25, -0.2) is 9.97 Å². The number of aliphatic hydroxyl groups is 1. The van der Waals surface area contributed by atoms with Gasteiger partial charge in [0.05, 0.1) is 17.4 Å². The van der Waals surface area contributed by atoms with E-state index >= 15 is 0 Å². The fourth-order valence-electron chi connectivity index (χ4n) is 2.74. The van der Waals surface area contributed by atoms with Gasteiger partial charge in [-0.2, -0.15) is 0 Å². The molecule has 0 saturated heterocycles. The minimum atomic E-state index is -0.193. The summed E-state index contributed by atoms with van der Waals surface area (Å²) in [5.41, 5.74) is 1.39. The number of carbonyl (C=O) groups is 1. The Morgan fingerprint density at radius 3 is 2.85 bits per heavy atom. The van der Waals surface area contributed by atoms with Crippen LogP contribution in [0, 0.1) is 5.92 Å². The van der Waals surface area contributed by atoms with E-state index in [1.54, 1.807) is 6.20 Å². The van der Waals surface area contributed by atoms with E-state index in [0.29, 0.717) is 11.5 Å². The van der Waals surface area contributed by atoms with Gasteiger partial charge in [0.15, 0.2) is 0 Å². The Morgan fingerprint density at radius 1 is 1.50 bits per heavy atom. The highest BCUT2D eigenvalue weighted by molar-refractivity contribution is 5.95. The normalized spacial score (nSPS) is 22.9. The molecule has 0 spiro atoms. The van der Waals surface area contributed by atoms with Crippen LogP contribution in [0.1, 0.15) is 55.6 Å². The number of amides is 1. The third kappa shape index (κ3) is 3.33. The van der Waals surface area contributed by atoms with Crippen LogP contribution >= 0.6 is 0 Å². The number of carbonyl (C=O) groups excluding carboxylic acids is 1. The van der Waals surface area contributed by atoms with Crippen LogP contribution < -0.4 is 5.32 Å². The fraction of sp³-hybridized carbons (Fsp3) is 0.667. The van der Waals surface area contributed by atoms with E-state index < -0.39 is 0 Å². The molecule has 1 aliphatic rings. The van der Waals surface area contributed by atoms with Crippen molar-refractivity contribution in [1.82, 2.24) is 15.3 Å². The van der Waals surface area contributed by atoms with E-state index in [1.165, 1.54) is 6.33 Å². The van der Waals surface area contributed by atoms with E-state index in [2.05, 4.69) is 29.1 Å². The fourth-order valence-corrected chi connectivity index (χ4v) is 2.74. The smallest absolute Gasteiger partial charge is 0.254 e. The summed E-state index contributed by atoms with van der Waals surface area (Å²) in [6.07, 6.45) is 7.06. The molecule has 1 aromatic heterocycles. The van der Waals surface area contributed by atoms with Crippen LogP contribution in [0.3, 0.4) is 0 Å². The zero-order valence-electron chi connectivity index (χ0n) is 12.2. The quantitative estimate of drug-likeness (QED) is 0.830. The molecule has 0 bridgehead atoms. The lowest BCUT2D eigenvalue weighted by atomic mass is 9.76. The predicted octanol–water partition coefficient (Wildman–Crippen LogP) is 1.71. The van der Waals surface area contributed by atoms with Crippen LogP contribution in [0.2, 0.25) is 0 Å². The molecular weight excluding hydrogens is 254 g/mol. The van der Waals surface area contributed by atoms with E-state index in [1.807, 2.05) is 0 Å². The Morgan fingerprint density at radius 2 is 2.25 bits per heavy atom. The maximum atomic E-state index is 12.4. The Balaban J connectivity index is 2.03. The highest BCUT2D eigenvalue weighted by atomic mass is 16.3. The maximum absolute atomic E-state index is 12.4. The average Bonchev–Trinajstić information content (AvgIpc) is 2.42. The zero-order chi connectivity index (χ0) is 14.5. The first-order valence-electron chi connectivity index (χ1n) is 7.43. The molecule has 1 aliphatic carbocycles. The lowest BCUT2D eigenvalue weighted by molar-refractivity contribution is 0.0232. The molecular formula is C15H23N3O2. The van der Waals surface area contributed by atoms with Crippen LogP contribution in [-0.2, 0) is 6.42 Å². The Kier molecular flexibility index (Phi) is 5.06. The van der Waals surface area contributed by atoms with E-state index in [-0.39, 0.29) is 18.1 Å². The highest BCUT2D eigenvalue weighted by Crippen LogP contribution is 2.31. The number of hydrogen-bond acceptors (Lipinski definition) is 4. The molecule has 2 rings (SSSR count). The molecule has 0 radical (unpaired) electrons. The number of aromatic nitrogens is 2. The third-order valence-corrected chi connectivity index (χ3v) is 4.00. The molecule has 1 heterocycles. The molecule has 1 unspecified atom stereocenters. The Hall–Kier alpha value is -1.49. The number of nitrogens with zero attached hydrogens (tertiary/aromatic N) is 2. The first kappa shape index (κ1) is 14.9. The Labute approximate surface area is 119 Å². The minimum Gasteiger partial charge on any atom is -0.393 e. The molecule has 0 aromatic carbocycles. The molecule has 1 aromatic rings. The lowest BCUT2D eigenvalue weighted by Crippen LogP contribution is -2.46. The molecule has 1 amide bonds. The van der Waals surface area contributed by atoms with Crippen LogP contribution in [0.15, 0.2) is 12.5 Å². The topological polar surface area (TPSA) is 75.1 Å². The van der Waals surface area contributed by atoms with Crippen molar-refractivity contribution in [3.8, 4) is 0 Å². The van der Waals surface area contributed by atoms with Crippen LogP contribution in [-0.4, -0.2) is 33.1 Å². The summed E-state index contributed by atoms with van der Waals surface area (Å²) in [4.78, 5) is 20.5. The number of hydrogen-bond donors (Lipinski definition) is 2. The summed E-state index contributed by atoms with van der Waals surface area (Å²) in [5.74, 6) is 0.292. The first-order chi connectivity index (χ1) is 9.65. The standard InChI is InChI=1S/C15H23N3O2/c1-3-5-14-12(8-16-9-17-14)15(20)18-13(4-2)10-6-11(19)7-10/h8-11,13,19H,3-7H2,1-2H3,(H,18,20). The van der Waals surface area contributed by atoms with Gasteiger partial charge in [-0.1, -0.05) is 20.3 Å². The van der Waals surface area contributed by atoms with E-state index in [4.69, 9.17) is 0 Å². The Bertz CT molecular complexity index is 458. The lowest BCUT2D eigenvalue weighted by Gasteiger charge is -2.37. The molecule has 1 saturated carbocycles. The predicted molar refractivity (Wildman–Crippen MR) is 76.3 cm³/mol. The number of aliphatic hydroxyl groups excluding tert-OH is 1. The van der Waals surface area contributed by atoms with Gasteiger partial charge in [0.25, 0.3) is 5.91 Å². The largest absolute Gasteiger partial charge is 0.393 e. The van der Waals surface area contributed by atoms with Gasteiger partial charge in [-0.05, 0) is 31.6 Å². The summed E-state index contributed by atoms with van der Waals surface area (Å²) in [6.45, 7) is 4.12. The van der Waals surface area contributed by atoms with Crippen molar-refractivity contribution in [2.24, 2.45) is 5.92 Å². The van der Waals surface area contributed by atoms with Gasteiger partial charge < -0.3 is 10.4 Å². The minimum absolute atomic E-state index is 0.0951. The molecule has 20 heavy (non-hydrogen) atoms. The molecule has 0 aliphatic heterocycles. The monoisotopic (exact) mass is 277 g/mol. The summed E-state index contributed by atoms with van der Waals surface area (Å²) < 4.78 is 0. The summed E-state index contributed by atoms with van der Waals surface area (Å²) in [7, 11) is 0. The van der Waals surface area contributed by atoms with Gasteiger partial charge in [0, 0.05) is 12.2 Å². The zero-order valence-corrected chi connectivity index (χ0v) is 12.2. The van der Waals surface area contributed by atoms with Crippen molar-refractivity contribution in [1.29, 1.82) is 0 Å². The molecule has 110 valence electrons. The number of nitrogens with one attached hydrogen (secondary N) is 1. The van der Waals surface area contributed by atoms with Crippen molar-refractivity contribution in [2.45, 2.75) is 58.1 Å². The van der Waals surface area contributed by atoms with Gasteiger partial charge >= 0.3 is 0 Å². The number of rotatable bonds is 6. The maximum Gasteiger partial charge on any atom is 0.254 e. The second-order valence-electron chi connectivity index (χ2n) is 5.51. The molecule has 1 atom stereocenters. The van der Waals surface area contributed by atoms with Crippen molar-refractivity contribution in [3.63, 3.8) is 0 Å². The number of aryl methyl sites for hydroxylation is 1. The third-order valence-electron chi connectivity index (χ3n) is 4.00. The highest BCUT2D eigenvalue weighted by Gasteiger charge is 2.34. The van der Waals surface area contributed by atoms with Gasteiger partial charge in [0.1, 0.15) is 6.33 Å². The van der Waals surface area contributed by atoms with Crippen LogP contribution in [0.5, 0.6) is 0 Å². The van der Waals surface area contributed by atoms with Crippen molar-refractivity contribution >= 4 is 5.91 Å². The van der Waals surface area contributed by atoms with Crippen molar-refractivity contribution in [3.05, 3.63) is 23.8 Å². The van der Waals surface area contributed by atoms with Crippen molar-refractivity contribution < 1.29 is 9.90 Å². The molecule has 2 N–H and O–H groups in total. The molecule has 1 fully saturated rings. The van der Waals surface area contributed by atoms with Gasteiger partial charge in [-0.15, -0.1) is 0 Å². The van der Waals surface area contributed by atoms with E-state index in [0.717, 1.165) is 37.8 Å². The summed E-state index contributed by atoms with van der Waals surface area (Å²) in [6, 6.07) is 0.126. The molecule has 5 nitrogen and oxygen atoms in total.